The van der Waals surface area contributed by atoms with Crippen molar-refractivity contribution in [1.82, 2.24) is 14.9 Å². The van der Waals surface area contributed by atoms with Crippen LogP contribution >= 0.6 is 0 Å². The van der Waals surface area contributed by atoms with Crippen molar-refractivity contribution in [3.63, 3.8) is 0 Å². The SMILES string of the molecule is CC1c2nccnc2C(N2CCCC(N)C2)=NC1c1ccc(N2CCOCC2)cc1. The van der Waals surface area contributed by atoms with Crippen LogP contribution in [0, 0.1) is 0 Å². The number of ether oxygens (including phenoxy) is 1. The molecule has 0 saturated carbocycles. The summed E-state index contributed by atoms with van der Waals surface area (Å²) >= 11 is 0. The Morgan fingerprint density at radius 2 is 1.77 bits per heavy atom. The number of morpholine rings is 1. The molecule has 2 saturated heterocycles. The summed E-state index contributed by atoms with van der Waals surface area (Å²) in [5, 5.41) is 0. The zero-order valence-corrected chi connectivity index (χ0v) is 17.6. The molecule has 1 aromatic carbocycles. The van der Waals surface area contributed by atoms with Crippen LogP contribution in [0.15, 0.2) is 41.7 Å². The predicted octanol–water partition coefficient (Wildman–Crippen LogP) is 2.34. The molecule has 0 aliphatic carbocycles. The second-order valence-corrected chi connectivity index (χ2v) is 8.52. The van der Waals surface area contributed by atoms with Gasteiger partial charge in [0, 0.05) is 56.2 Å². The predicted molar refractivity (Wildman–Crippen MR) is 118 cm³/mol. The monoisotopic (exact) mass is 406 g/mol. The number of nitrogens with two attached hydrogens (primary N) is 1. The Balaban J connectivity index is 1.47. The van der Waals surface area contributed by atoms with Gasteiger partial charge in [0.1, 0.15) is 5.69 Å². The molecule has 30 heavy (non-hydrogen) atoms. The third-order valence-electron chi connectivity index (χ3n) is 6.47. The van der Waals surface area contributed by atoms with Crippen molar-refractivity contribution in [2.24, 2.45) is 10.7 Å². The van der Waals surface area contributed by atoms with E-state index in [1.807, 2.05) is 0 Å². The lowest BCUT2D eigenvalue weighted by Gasteiger charge is -2.37. The van der Waals surface area contributed by atoms with E-state index in [2.05, 4.69) is 46.0 Å². The molecule has 5 rings (SSSR count). The topological polar surface area (TPSA) is 79.9 Å². The first-order chi connectivity index (χ1) is 14.7. The van der Waals surface area contributed by atoms with Gasteiger partial charge >= 0.3 is 0 Å². The van der Waals surface area contributed by atoms with E-state index in [4.69, 9.17) is 20.4 Å². The molecule has 0 radical (unpaired) electrons. The quantitative estimate of drug-likeness (QED) is 0.825. The molecule has 7 nitrogen and oxygen atoms in total. The van der Waals surface area contributed by atoms with Crippen LogP contribution in [0.4, 0.5) is 5.69 Å². The Hall–Kier alpha value is -2.51. The highest BCUT2D eigenvalue weighted by molar-refractivity contribution is 5.99. The van der Waals surface area contributed by atoms with Crippen LogP contribution in [0.2, 0.25) is 0 Å². The van der Waals surface area contributed by atoms with Gasteiger partial charge in [-0.2, -0.15) is 0 Å². The molecule has 158 valence electrons. The Morgan fingerprint density at radius 1 is 1.00 bits per heavy atom. The minimum Gasteiger partial charge on any atom is -0.378 e. The van der Waals surface area contributed by atoms with Gasteiger partial charge in [0.15, 0.2) is 5.84 Å². The summed E-state index contributed by atoms with van der Waals surface area (Å²) in [6.45, 7) is 7.48. The maximum atomic E-state index is 6.27. The van der Waals surface area contributed by atoms with Gasteiger partial charge in [-0.15, -0.1) is 0 Å². The zero-order chi connectivity index (χ0) is 20.5. The molecule has 2 N–H and O–H groups in total. The van der Waals surface area contributed by atoms with Crippen LogP contribution < -0.4 is 10.6 Å². The molecule has 3 atom stereocenters. The molecule has 0 bridgehead atoms. The molecule has 7 heteroatoms. The Bertz CT molecular complexity index is 908. The number of piperidine rings is 1. The van der Waals surface area contributed by atoms with Crippen LogP contribution in [0.25, 0.3) is 0 Å². The Morgan fingerprint density at radius 3 is 2.53 bits per heavy atom. The highest BCUT2D eigenvalue weighted by atomic mass is 16.5. The van der Waals surface area contributed by atoms with Crippen LogP contribution in [-0.2, 0) is 4.74 Å². The average molecular weight is 407 g/mol. The molecule has 3 aliphatic rings. The van der Waals surface area contributed by atoms with Crippen molar-refractivity contribution in [1.29, 1.82) is 0 Å². The lowest BCUT2D eigenvalue weighted by Crippen LogP contribution is -2.47. The van der Waals surface area contributed by atoms with Crippen LogP contribution in [0.3, 0.4) is 0 Å². The average Bonchev–Trinajstić information content (AvgIpc) is 2.80. The number of aromatic nitrogens is 2. The van der Waals surface area contributed by atoms with E-state index in [0.717, 1.165) is 69.5 Å². The first-order valence-electron chi connectivity index (χ1n) is 11.0. The Labute approximate surface area is 178 Å². The van der Waals surface area contributed by atoms with E-state index >= 15 is 0 Å². The van der Waals surface area contributed by atoms with Gasteiger partial charge < -0.3 is 20.3 Å². The van der Waals surface area contributed by atoms with Gasteiger partial charge in [0.25, 0.3) is 0 Å². The second-order valence-electron chi connectivity index (χ2n) is 8.52. The molecule has 3 aliphatic heterocycles. The first kappa shape index (κ1) is 19.5. The number of amidine groups is 1. The summed E-state index contributed by atoms with van der Waals surface area (Å²) in [5.41, 5.74) is 10.7. The number of fused-ring (bicyclic) bond motifs is 1. The number of anilines is 1. The highest BCUT2D eigenvalue weighted by Crippen LogP contribution is 2.39. The van der Waals surface area contributed by atoms with Crippen LogP contribution in [0.5, 0.6) is 0 Å². The number of rotatable bonds is 2. The molecule has 4 heterocycles. The lowest BCUT2D eigenvalue weighted by molar-refractivity contribution is 0.122. The first-order valence-corrected chi connectivity index (χ1v) is 11.0. The smallest absolute Gasteiger partial charge is 0.152 e. The van der Waals surface area contributed by atoms with Crippen LogP contribution in [0.1, 0.15) is 48.7 Å². The van der Waals surface area contributed by atoms with Gasteiger partial charge in [-0.1, -0.05) is 19.1 Å². The largest absolute Gasteiger partial charge is 0.378 e. The maximum Gasteiger partial charge on any atom is 0.152 e. The number of likely N-dealkylation sites (tertiary alicyclic amines) is 1. The van der Waals surface area contributed by atoms with E-state index < -0.39 is 0 Å². The maximum absolute atomic E-state index is 6.27. The number of nitrogens with zero attached hydrogens (tertiary/aromatic N) is 5. The zero-order valence-electron chi connectivity index (χ0n) is 17.6. The minimum atomic E-state index is 0.0288. The van der Waals surface area contributed by atoms with Gasteiger partial charge in [0.05, 0.1) is 24.9 Å². The molecule has 0 spiro atoms. The van der Waals surface area contributed by atoms with E-state index in [1.165, 1.54) is 11.3 Å². The molecular formula is C23H30N6O. The molecule has 2 aromatic rings. The summed E-state index contributed by atoms with van der Waals surface area (Å²) in [7, 11) is 0. The van der Waals surface area contributed by atoms with Gasteiger partial charge in [0.2, 0.25) is 0 Å². The fourth-order valence-electron chi connectivity index (χ4n) is 4.81. The second kappa shape index (κ2) is 8.32. The summed E-state index contributed by atoms with van der Waals surface area (Å²) in [4.78, 5) is 19.3. The molecule has 3 unspecified atom stereocenters. The number of hydrogen-bond acceptors (Lipinski definition) is 7. The summed E-state index contributed by atoms with van der Waals surface area (Å²) in [6.07, 6.45) is 5.71. The number of hydrogen-bond donors (Lipinski definition) is 1. The van der Waals surface area contributed by atoms with Crippen molar-refractivity contribution in [2.75, 3.05) is 44.3 Å². The van der Waals surface area contributed by atoms with E-state index in [0.29, 0.717) is 0 Å². The summed E-state index contributed by atoms with van der Waals surface area (Å²) in [5.74, 6) is 1.12. The third kappa shape index (κ3) is 3.68. The summed E-state index contributed by atoms with van der Waals surface area (Å²) in [6, 6.07) is 9.08. The standard InChI is InChI=1S/C23H30N6O/c1-16-20(17-4-6-19(7-5-17)28-11-13-30-14-12-28)27-23(22-21(16)25-8-9-26-22)29-10-2-3-18(24)15-29/h4-9,16,18,20H,2-3,10-15,24H2,1H3. The molecule has 2 fully saturated rings. The lowest BCUT2D eigenvalue weighted by atomic mass is 9.88. The molecule has 1 aromatic heterocycles. The van der Waals surface area contributed by atoms with Gasteiger partial charge in [-0.3, -0.25) is 9.98 Å². The Kier molecular flexibility index (Phi) is 5.39. The van der Waals surface area contributed by atoms with Gasteiger partial charge in [-0.05, 0) is 30.5 Å². The third-order valence-corrected chi connectivity index (χ3v) is 6.47. The normalized spacial score (nSPS) is 26.9. The fourth-order valence-corrected chi connectivity index (χ4v) is 4.81. The van der Waals surface area contributed by atoms with E-state index in [-0.39, 0.29) is 18.0 Å². The molecule has 0 amide bonds. The fraction of sp³-hybridized carbons (Fsp3) is 0.522. The molecular weight excluding hydrogens is 376 g/mol. The van der Waals surface area contributed by atoms with Gasteiger partial charge in [-0.25, -0.2) is 4.98 Å². The van der Waals surface area contributed by atoms with Crippen molar-refractivity contribution < 1.29 is 4.74 Å². The summed E-state index contributed by atoms with van der Waals surface area (Å²) < 4.78 is 5.48. The van der Waals surface area contributed by atoms with E-state index in [9.17, 15) is 0 Å². The van der Waals surface area contributed by atoms with Crippen molar-refractivity contribution in [2.45, 2.75) is 37.8 Å². The number of aliphatic imine (C=N–C) groups is 1. The van der Waals surface area contributed by atoms with Crippen molar-refractivity contribution in [3.8, 4) is 0 Å². The van der Waals surface area contributed by atoms with Crippen molar-refractivity contribution >= 4 is 11.5 Å². The minimum absolute atomic E-state index is 0.0288. The van der Waals surface area contributed by atoms with Crippen molar-refractivity contribution in [3.05, 3.63) is 53.6 Å². The van der Waals surface area contributed by atoms with Crippen LogP contribution in [-0.4, -0.2) is 66.1 Å². The highest BCUT2D eigenvalue weighted by Gasteiger charge is 2.34. The number of benzene rings is 1. The van der Waals surface area contributed by atoms with E-state index in [1.54, 1.807) is 12.4 Å².